The number of nitrogens with one attached hydrogen (secondary N) is 1. The van der Waals surface area contributed by atoms with E-state index in [1.807, 2.05) is 0 Å². The Labute approximate surface area is 118 Å². The highest BCUT2D eigenvalue weighted by molar-refractivity contribution is 8.14. The fourth-order valence-corrected chi connectivity index (χ4v) is 2.40. The van der Waals surface area contributed by atoms with E-state index < -0.39 is 11.1 Å². The van der Waals surface area contributed by atoms with Crippen molar-refractivity contribution in [3.05, 3.63) is 23.2 Å². The summed E-state index contributed by atoms with van der Waals surface area (Å²) in [6.07, 6.45) is 0. The first-order valence-corrected chi connectivity index (χ1v) is 6.65. The molecule has 1 saturated heterocycles. The minimum Gasteiger partial charge on any atom is -0.397 e. The van der Waals surface area contributed by atoms with Crippen LogP contribution in [0.5, 0.6) is 0 Å². The average molecular weight is 300 g/mol. The van der Waals surface area contributed by atoms with Gasteiger partial charge >= 0.3 is 0 Å². The van der Waals surface area contributed by atoms with Gasteiger partial charge in [0.2, 0.25) is 11.8 Å². The molecule has 0 unspecified atom stereocenters. The summed E-state index contributed by atoms with van der Waals surface area (Å²) in [5.74, 6) is -0.798. The Bertz CT molecular complexity index is 548. The molecular weight excluding hydrogens is 290 g/mol. The molecular formula is C11H10ClN3O3S. The second-order valence-corrected chi connectivity index (χ2v) is 5.18. The number of hydrogen-bond donors (Lipinski definition) is 2. The van der Waals surface area contributed by atoms with Crippen LogP contribution in [0.4, 0.5) is 16.2 Å². The third-order valence-electron chi connectivity index (χ3n) is 2.43. The van der Waals surface area contributed by atoms with E-state index in [4.69, 9.17) is 17.3 Å². The van der Waals surface area contributed by atoms with Crippen LogP contribution in [0.1, 0.15) is 0 Å². The van der Waals surface area contributed by atoms with Gasteiger partial charge in [-0.3, -0.25) is 19.3 Å². The lowest BCUT2D eigenvalue weighted by atomic mass is 10.2. The van der Waals surface area contributed by atoms with Crippen molar-refractivity contribution in [3.8, 4) is 0 Å². The molecule has 1 aliphatic heterocycles. The standard InChI is InChI=1S/C11H10ClN3O3S/c12-6-1-2-7(13)8(3-6)14-9(16)4-15-10(17)5-19-11(15)18/h1-3H,4-5,13H2,(H,14,16). The van der Waals surface area contributed by atoms with E-state index in [-0.39, 0.29) is 18.2 Å². The molecule has 1 aliphatic rings. The molecule has 0 spiro atoms. The zero-order chi connectivity index (χ0) is 14.0. The summed E-state index contributed by atoms with van der Waals surface area (Å²) >= 11 is 6.67. The largest absolute Gasteiger partial charge is 0.397 e. The highest BCUT2D eigenvalue weighted by Gasteiger charge is 2.31. The first kappa shape index (κ1) is 13.7. The van der Waals surface area contributed by atoms with Crippen LogP contribution < -0.4 is 11.1 Å². The molecule has 0 bridgehead atoms. The van der Waals surface area contributed by atoms with Crippen LogP contribution in [0.3, 0.4) is 0 Å². The van der Waals surface area contributed by atoms with Crippen molar-refractivity contribution in [2.24, 2.45) is 0 Å². The van der Waals surface area contributed by atoms with Crippen LogP contribution in [0.25, 0.3) is 0 Å². The lowest BCUT2D eigenvalue weighted by Gasteiger charge is -2.13. The molecule has 0 radical (unpaired) electrons. The molecule has 1 fully saturated rings. The second kappa shape index (κ2) is 5.50. The summed E-state index contributed by atoms with van der Waals surface area (Å²) < 4.78 is 0. The van der Waals surface area contributed by atoms with Crippen molar-refractivity contribution in [2.45, 2.75) is 0 Å². The smallest absolute Gasteiger partial charge is 0.289 e. The molecule has 1 aromatic carbocycles. The summed E-state index contributed by atoms with van der Waals surface area (Å²) in [4.78, 5) is 35.3. The number of amides is 3. The molecule has 0 aliphatic carbocycles. The first-order valence-electron chi connectivity index (χ1n) is 5.29. The van der Waals surface area contributed by atoms with Crippen LogP contribution >= 0.6 is 23.4 Å². The Morgan fingerprint density at radius 3 is 2.84 bits per heavy atom. The van der Waals surface area contributed by atoms with Gasteiger partial charge in [-0.1, -0.05) is 23.4 Å². The highest BCUT2D eigenvalue weighted by Crippen LogP contribution is 2.23. The van der Waals surface area contributed by atoms with E-state index in [2.05, 4.69) is 5.32 Å². The molecule has 6 nitrogen and oxygen atoms in total. The van der Waals surface area contributed by atoms with Gasteiger partial charge in [0, 0.05) is 5.02 Å². The lowest BCUT2D eigenvalue weighted by Crippen LogP contribution is -2.36. The van der Waals surface area contributed by atoms with Crippen LogP contribution in [-0.2, 0) is 9.59 Å². The molecule has 1 heterocycles. The Balaban J connectivity index is 2.03. The number of imide groups is 1. The van der Waals surface area contributed by atoms with E-state index in [1.54, 1.807) is 12.1 Å². The molecule has 0 atom stereocenters. The molecule has 3 N–H and O–H groups in total. The van der Waals surface area contributed by atoms with Gasteiger partial charge in [0.05, 0.1) is 17.1 Å². The van der Waals surface area contributed by atoms with Gasteiger partial charge in [0.1, 0.15) is 6.54 Å². The number of nitrogens with two attached hydrogens (primary N) is 1. The molecule has 8 heteroatoms. The van der Waals surface area contributed by atoms with E-state index in [0.29, 0.717) is 16.4 Å². The molecule has 3 amide bonds. The molecule has 1 aromatic rings. The quantitative estimate of drug-likeness (QED) is 0.826. The minimum absolute atomic E-state index is 0.0748. The number of hydrogen-bond acceptors (Lipinski definition) is 5. The molecule has 2 rings (SSSR count). The number of carbonyl (C=O) groups excluding carboxylic acids is 3. The highest BCUT2D eigenvalue weighted by atomic mass is 35.5. The second-order valence-electron chi connectivity index (χ2n) is 3.81. The third-order valence-corrected chi connectivity index (χ3v) is 3.53. The monoisotopic (exact) mass is 299 g/mol. The normalized spacial score (nSPS) is 14.9. The molecule has 100 valence electrons. The zero-order valence-electron chi connectivity index (χ0n) is 9.68. The summed E-state index contributed by atoms with van der Waals surface area (Å²) in [5, 5.41) is 2.52. The maximum Gasteiger partial charge on any atom is 0.289 e. The maximum absolute atomic E-state index is 11.8. The molecule has 0 saturated carbocycles. The number of nitrogen functional groups attached to an aromatic ring is 1. The van der Waals surface area contributed by atoms with Crippen molar-refractivity contribution in [1.82, 2.24) is 4.90 Å². The van der Waals surface area contributed by atoms with Gasteiger partial charge in [0.15, 0.2) is 0 Å². The zero-order valence-corrected chi connectivity index (χ0v) is 11.3. The van der Waals surface area contributed by atoms with Crippen molar-refractivity contribution in [1.29, 1.82) is 0 Å². The summed E-state index contributed by atoms with van der Waals surface area (Å²) in [6, 6.07) is 4.65. The summed E-state index contributed by atoms with van der Waals surface area (Å²) in [6.45, 7) is -0.323. The predicted octanol–water partition coefficient (Wildman–Crippen LogP) is 1.56. The lowest BCUT2D eigenvalue weighted by molar-refractivity contribution is -0.128. The Morgan fingerprint density at radius 2 is 2.21 bits per heavy atom. The van der Waals surface area contributed by atoms with Gasteiger partial charge in [-0.2, -0.15) is 0 Å². The topological polar surface area (TPSA) is 92.5 Å². The fourth-order valence-electron chi connectivity index (χ4n) is 1.50. The minimum atomic E-state index is -0.502. The third kappa shape index (κ3) is 3.18. The van der Waals surface area contributed by atoms with Gasteiger partial charge < -0.3 is 11.1 Å². The van der Waals surface area contributed by atoms with Crippen LogP contribution in [0.15, 0.2) is 18.2 Å². The number of anilines is 2. The molecule has 0 aromatic heterocycles. The number of benzene rings is 1. The van der Waals surface area contributed by atoms with Crippen LogP contribution in [-0.4, -0.2) is 34.3 Å². The maximum atomic E-state index is 11.8. The van der Waals surface area contributed by atoms with Gasteiger partial charge in [-0.15, -0.1) is 0 Å². The van der Waals surface area contributed by atoms with Gasteiger partial charge in [0.25, 0.3) is 5.24 Å². The van der Waals surface area contributed by atoms with Gasteiger partial charge in [-0.25, -0.2) is 0 Å². The van der Waals surface area contributed by atoms with Crippen molar-refractivity contribution in [2.75, 3.05) is 23.3 Å². The number of rotatable bonds is 3. The Morgan fingerprint density at radius 1 is 1.47 bits per heavy atom. The fraction of sp³-hybridized carbons (Fsp3) is 0.182. The van der Waals surface area contributed by atoms with Crippen LogP contribution in [0.2, 0.25) is 5.02 Å². The predicted molar refractivity (Wildman–Crippen MR) is 74.1 cm³/mol. The van der Waals surface area contributed by atoms with E-state index in [0.717, 1.165) is 16.7 Å². The Kier molecular flexibility index (Phi) is 3.96. The molecule has 19 heavy (non-hydrogen) atoms. The van der Waals surface area contributed by atoms with E-state index >= 15 is 0 Å². The number of nitrogens with zero attached hydrogens (tertiary/aromatic N) is 1. The number of halogens is 1. The number of carbonyl (C=O) groups is 3. The van der Waals surface area contributed by atoms with E-state index in [1.165, 1.54) is 6.07 Å². The van der Waals surface area contributed by atoms with Crippen molar-refractivity contribution >= 4 is 51.8 Å². The van der Waals surface area contributed by atoms with Crippen molar-refractivity contribution < 1.29 is 14.4 Å². The van der Waals surface area contributed by atoms with Gasteiger partial charge in [-0.05, 0) is 18.2 Å². The summed E-state index contributed by atoms with van der Waals surface area (Å²) in [7, 11) is 0. The SMILES string of the molecule is Nc1ccc(Cl)cc1NC(=O)CN1C(=O)CSC1=O. The summed E-state index contributed by atoms with van der Waals surface area (Å²) in [5.41, 5.74) is 6.38. The van der Waals surface area contributed by atoms with E-state index in [9.17, 15) is 14.4 Å². The average Bonchev–Trinajstić information content (AvgIpc) is 2.65. The van der Waals surface area contributed by atoms with Crippen LogP contribution in [0, 0.1) is 0 Å². The first-order chi connectivity index (χ1) is 8.97. The van der Waals surface area contributed by atoms with Crippen molar-refractivity contribution in [3.63, 3.8) is 0 Å². The Hall–Kier alpha value is -1.73. The number of thioether (sulfide) groups is 1.